The second-order valence-electron chi connectivity index (χ2n) is 6.54. The first-order valence-electron chi connectivity index (χ1n) is 8.59. The molecule has 1 atom stereocenters. The molecule has 1 fully saturated rings. The van der Waals surface area contributed by atoms with Gasteiger partial charge in [0.1, 0.15) is 5.75 Å². The Morgan fingerprint density at radius 2 is 2.00 bits per heavy atom. The van der Waals surface area contributed by atoms with Gasteiger partial charge in [0.2, 0.25) is 17.6 Å². The number of benzene rings is 2. The Morgan fingerprint density at radius 1 is 1.22 bits per heavy atom. The van der Waals surface area contributed by atoms with Crippen LogP contribution in [0, 0.1) is 6.92 Å². The zero-order valence-corrected chi connectivity index (χ0v) is 15.7. The number of rotatable bonds is 4. The number of carbonyl (C=O) groups excluding carboxylic acids is 1. The molecule has 1 aliphatic heterocycles. The molecule has 1 aliphatic rings. The predicted octanol–water partition coefficient (Wildman–Crippen LogP) is 4.23. The number of nitrogens with zero attached hydrogens (tertiary/aromatic N) is 3. The zero-order chi connectivity index (χ0) is 19.0. The molecule has 2 heterocycles. The van der Waals surface area contributed by atoms with Crippen molar-refractivity contribution in [3.63, 3.8) is 0 Å². The van der Waals surface area contributed by atoms with Gasteiger partial charge in [0, 0.05) is 23.6 Å². The number of aryl methyl sites for hydroxylation is 1. The third kappa shape index (κ3) is 3.40. The van der Waals surface area contributed by atoms with Crippen molar-refractivity contribution in [1.82, 2.24) is 10.1 Å². The summed E-state index contributed by atoms with van der Waals surface area (Å²) in [4.78, 5) is 18.7. The van der Waals surface area contributed by atoms with Gasteiger partial charge in [-0.2, -0.15) is 4.98 Å². The molecule has 0 radical (unpaired) electrons. The van der Waals surface area contributed by atoms with Gasteiger partial charge < -0.3 is 14.2 Å². The second kappa shape index (κ2) is 7.04. The molecule has 27 heavy (non-hydrogen) atoms. The van der Waals surface area contributed by atoms with Gasteiger partial charge in [-0.05, 0) is 25.1 Å². The van der Waals surface area contributed by atoms with Crippen LogP contribution in [0.4, 0.5) is 5.69 Å². The molecule has 1 amide bonds. The van der Waals surface area contributed by atoms with Crippen LogP contribution < -0.4 is 9.64 Å². The summed E-state index contributed by atoms with van der Waals surface area (Å²) in [6.07, 6.45) is 0.297. The minimum atomic E-state index is -0.173. The third-order valence-corrected chi connectivity index (χ3v) is 4.89. The summed E-state index contributed by atoms with van der Waals surface area (Å²) in [5, 5.41) is 4.61. The Labute approximate surface area is 161 Å². The first kappa shape index (κ1) is 17.5. The van der Waals surface area contributed by atoms with Gasteiger partial charge in [-0.1, -0.05) is 46.6 Å². The SMILES string of the molecule is COc1ccc(Cl)cc1N1C[C@@H](c2nc(-c3ccc(C)cc3)no2)CC1=O. The highest BCUT2D eigenvalue weighted by molar-refractivity contribution is 6.31. The van der Waals surface area contributed by atoms with E-state index < -0.39 is 0 Å². The molecule has 0 spiro atoms. The average Bonchev–Trinajstić information content (AvgIpc) is 3.29. The Bertz CT molecular complexity index is 984. The van der Waals surface area contributed by atoms with Gasteiger partial charge in [0.05, 0.1) is 18.7 Å². The third-order valence-electron chi connectivity index (χ3n) is 4.66. The number of ether oxygens (including phenoxy) is 1. The summed E-state index contributed by atoms with van der Waals surface area (Å²) < 4.78 is 10.8. The number of anilines is 1. The van der Waals surface area contributed by atoms with Crippen LogP contribution in [0.3, 0.4) is 0 Å². The number of hydrogen-bond donors (Lipinski definition) is 0. The maximum atomic E-state index is 12.6. The molecule has 1 aromatic heterocycles. The molecule has 138 valence electrons. The fourth-order valence-electron chi connectivity index (χ4n) is 3.20. The van der Waals surface area contributed by atoms with Gasteiger partial charge in [0.15, 0.2) is 0 Å². The van der Waals surface area contributed by atoms with Gasteiger partial charge in [-0.25, -0.2) is 0 Å². The van der Waals surface area contributed by atoms with Crippen molar-refractivity contribution in [2.75, 3.05) is 18.6 Å². The van der Waals surface area contributed by atoms with Crippen LogP contribution in [-0.2, 0) is 4.79 Å². The van der Waals surface area contributed by atoms with Crippen LogP contribution in [0.25, 0.3) is 11.4 Å². The molecular formula is C20H18ClN3O3. The van der Waals surface area contributed by atoms with Crippen LogP contribution in [0.2, 0.25) is 5.02 Å². The second-order valence-corrected chi connectivity index (χ2v) is 6.98. The lowest BCUT2D eigenvalue weighted by atomic mass is 10.1. The molecule has 2 aromatic carbocycles. The van der Waals surface area contributed by atoms with Crippen molar-refractivity contribution in [1.29, 1.82) is 0 Å². The highest BCUT2D eigenvalue weighted by Crippen LogP contribution is 2.37. The number of methoxy groups -OCH3 is 1. The van der Waals surface area contributed by atoms with Crippen LogP contribution in [0.5, 0.6) is 5.75 Å². The monoisotopic (exact) mass is 383 g/mol. The minimum absolute atomic E-state index is 0.0318. The van der Waals surface area contributed by atoms with E-state index in [4.69, 9.17) is 20.9 Å². The van der Waals surface area contributed by atoms with E-state index in [0.29, 0.717) is 41.1 Å². The maximum absolute atomic E-state index is 12.6. The lowest BCUT2D eigenvalue weighted by Crippen LogP contribution is -2.24. The molecule has 7 heteroatoms. The highest BCUT2D eigenvalue weighted by Gasteiger charge is 2.36. The zero-order valence-electron chi connectivity index (χ0n) is 15.0. The maximum Gasteiger partial charge on any atom is 0.232 e. The Kier molecular flexibility index (Phi) is 4.58. The highest BCUT2D eigenvalue weighted by atomic mass is 35.5. The standard InChI is InChI=1S/C20H18ClN3O3/c1-12-3-5-13(6-4-12)19-22-20(27-23-19)14-9-18(25)24(11-14)16-10-15(21)7-8-17(16)26-2/h3-8,10,14H,9,11H2,1-2H3/t14-/m0/s1. The minimum Gasteiger partial charge on any atom is -0.495 e. The topological polar surface area (TPSA) is 68.5 Å². The van der Waals surface area contributed by atoms with E-state index in [0.717, 1.165) is 11.1 Å². The number of carbonyl (C=O) groups is 1. The van der Waals surface area contributed by atoms with Gasteiger partial charge in [0.25, 0.3) is 0 Å². The molecule has 0 saturated carbocycles. The van der Waals surface area contributed by atoms with Crippen molar-refractivity contribution in [3.8, 4) is 17.1 Å². The van der Waals surface area contributed by atoms with E-state index >= 15 is 0 Å². The van der Waals surface area contributed by atoms with E-state index in [1.165, 1.54) is 0 Å². The summed E-state index contributed by atoms with van der Waals surface area (Å²) in [5.74, 6) is 1.38. The van der Waals surface area contributed by atoms with Crippen LogP contribution in [-0.4, -0.2) is 29.7 Å². The Balaban J connectivity index is 1.58. The fourth-order valence-corrected chi connectivity index (χ4v) is 3.37. The van der Waals surface area contributed by atoms with Crippen molar-refractivity contribution in [2.24, 2.45) is 0 Å². The summed E-state index contributed by atoms with van der Waals surface area (Å²) in [5.41, 5.74) is 2.69. The normalized spacial score (nSPS) is 16.8. The van der Waals surface area contributed by atoms with Crippen molar-refractivity contribution in [2.45, 2.75) is 19.3 Å². The molecule has 0 unspecified atom stereocenters. The van der Waals surface area contributed by atoms with E-state index in [-0.39, 0.29) is 11.8 Å². The van der Waals surface area contributed by atoms with Crippen molar-refractivity contribution >= 4 is 23.2 Å². The quantitative estimate of drug-likeness (QED) is 0.674. The summed E-state index contributed by atoms with van der Waals surface area (Å²) in [7, 11) is 1.57. The molecule has 1 saturated heterocycles. The van der Waals surface area contributed by atoms with Gasteiger partial charge in [-0.15, -0.1) is 0 Å². The molecular weight excluding hydrogens is 366 g/mol. The van der Waals surface area contributed by atoms with E-state index in [1.54, 1.807) is 30.2 Å². The molecule has 6 nitrogen and oxygen atoms in total. The van der Waals surface area contributed by atoms with Crippen LogP contribution in [0.1, 0.15) is 23.8 Å². The average molecular weight is 384 g/mol. The molecule has 0 aliphatic carbocycles. The summed E-state index contributed by atoms with van der Waals surface area (Å²) >= 11 is 6.10. The Hall–Kier alpha value is -2.86. The summed E-state index contributed by atoms with van der Waals surface area (Å²) in [6, 6.07) is 13.1. The van der Waals surface area contributed by atoms with Gasteiger partial charge >= 0.3 is 0 Å². The van der Waals surface area contributed by atoms with Gasteiger partial charge in [-0.3, -0.25) is 4.79 Å². The lowest BCUT2D eigenvalue weighted by Gasteiger charge is -2.19. The van der Waals surface area contributed by atoms with E-state index in [1.807, 2.05) is 31.2 Å². The Morgan fingerprint density at radius 3 is 2.74 bits per heavy atom. The van der Waals surface area contributed by atoms with Crippen LogP contribution in [0.15, 0.2) is 47.0 Å². The van der Waals surface area contributed by atoms with Crippen LogP contribution >= 0.6 is 11.6 Å². The van der Waals surface area contributed by atoms with E-state index in [2.05, 4.69) is 10.1 Å². The molecule has 4 rings (SSSR count). The van der Waals surface area contributed by atoms with Crippen molar-refractivity contribution in [3.05, 3.63) is 58.9 Å². The molecule has 0 bridgehead atoms. The number of amides is 1. The molecule has 0 N–H and O–H groups in total. The first-order chi connectivity index (χ1) is 13.0. The number of aromatic nitrogens is 2. The largest absolute Gasteiger partial charge is 0.495 e. The number of halogens is 1. The first-order valence-corrected chi connectivity index (χ1v) is 8.97. The smallest absolute Gasteiger partial charge is 0.232 e. The molecule has 3 aromatic rings. The van der Waals surface area contributed by atoms with Crippen molar-refractivity contribution < 1.29 is 14.1 Å². The predicted molar refractivity (Wildman–Crippen MR) is 102 cm³/mol. The fraction of sp³-hybridized carbons (Fsp3) is 0.250. The lowest BCUT2D eigenvalue weighted by molar-refractivity contribution is -0.117. The number of hydrogen-bond acceptors (Lipinski definition) is 5. The van der Waals surface area contributed by atoms with E-state index in [9.17, 15) is 4.79 Å². The summed E-state index contributed by atoms with van der Waals surface area (Å²) in [6.45, 7) is 2.46.